The summed E-state index contributed by atoms with van der Waals surface area (Å²) in [7, 11) is 0. The second-order valence-electron chi connectivity index (χ2n) is 5.27. The molecule has 9 nitrogen and oxygen atoms in total. The summed E-state index contributed by atoms with van der Waals surface area (Å²) >= 11 is 0. The molecule has 3 atom stereocenters. The second-order valence-corrected chi connectivity index (χ2v) is 5.27. The molecule has 3 unspecified atom stereocenters. The van der Waals surface area contributed by atoms with Gasteiger partial charge in [-0.25, -0.2) is 15.8 Å². The van der Waals surface area contributed by atoms with E-state index < -0.39 is 4.92 Å². The topological polar surface area (TPSA) is 130 Å². The summed E-state index contributed by atoms with van der Waals surface area (Å²) in [4.78, 5) is 20.3. The number of nitrogens with zero attached hydrogens (tertiary/aromatic N) is 4. The zero-order valence-electron chi connectivity index (χ0n) is 10.8. The third-order valence-corrected chi connectivity index (χ3v) is 4.24. The second kappa shape index (κ2) is 4.84. The number of hydrazine groups is 1. The number of fused-ring (bicyclic) bond motifs is 1. The third-order valence-electron chi connectivity index (χ3n) is 4.24. The molecule has 0 aromatic carbocycles. The van der Waals surface area contributed by atoms with Crippen molar-refractivity contribution in [1.29, 1.82) is 0 Å². The number of aromatic nitrogens is 2. The van der Waals surface area contributed by atoms with Crippen molar-refractivity contribution >= 4 is 17.3 Å². The van der Waals surface area contributed by atoms with E-state index in [4.69, 9.17) is 5.84 Å². The fourth-order valence-electron chi connectivity index (χ4n) is 3.28. The first-order valence-corrected chi connectivity index (χ1v) is 6.50. The number of aliphatic hydroxyl groups excluding tert-OH is 1. The number of nitrogens with two attached hydrogens (primary N) is 1. The molecular formula is C11H16N6O3. The number of nitrogen functional groups attached to an aromatic ring is 1. The van der Waals surface area contributed by atoms with Crippen LogP contribution in [0.5, 0.6) is 0 Å². The minimum absolute atomic E-state index is 0.00221. The summed E-state index contributed by atoms with van der Waals surface area (Å²) in [6.45, 7) is 1.25. The lowest BCUT2D eigenvalue weighted by Gasteiger charge is -2.19. The van der Waals surface area contributed by atoms with Gasteiger partial charge in [0.15, 0.2) is 0 Å². The predicted molar refractivity (Wildman–Crippen MR) is 70.9 cm³/mol. The lowest BCUT2D eigenvalue weighted by Crippen LogP contribution is -2.26. The van der Waals surface area contributed by atoms with Crippen LogP contribution in [0.15, 0.2) is 6.33 Å². The fourth-order valence-corrected chi connectivity index (χ4v) is 3.28. The molecule has 0 radical (unpaired) electrons. The predicted octanol–water partition coefficient (Wildman–Crippen LogP) is -0.123. The molecule has 1 aliphatic carbocycles. The number of hydrogen-bond acceptors (Lipinski definition) is 8. The summed E-state index contributed by atoms with van der Waals surface area (Å²) in [6.07, 6.45) is 2.69. The van der Waals surface area contributed by atoms with E-state index in [1.54, 1.807) is 0 Å². The van der Waals surface area contributed by atoms with Crippen LogP contribution in [0.2, 0.25) is 0 Å². The smallest absolute Gasteiger partial charge is 0.354 e. The SMILES string of the molecule is NNc1ncnc(N2CC3CCC(O)C3C2)c1[N+](=O)[O-]. The quantitative estimate of drug-likeness (QED) is 0.397. The number of nitro groups is 1. The first kappa shape index (κ1) is 13.0. The van der Waals surface area contributed by atoms with Gasteiger partial charge in [-0.3, -0.25) is 10.1 Å². The Hall–Kier alpha value is -2.00. The van der Waals surface area contributed by atoms with Crippen LogP contribution < -0.4 is 16.2 Å². The normalized spacial score (nSPS) is 28.5. The Kier molecular flexibility index (Phi) is 3.14. The molecule has 1 saturated carbocycles. The molecule has 0 amide bonds. The number of rotatable bonds is 3. The van der Waals surface area contributed by atoms with Gasteiger partial charge in [0.2, 0.25) is 11.6 Å². The fraction of sp³-hybridized carbons (Fsp3) is 0.636. The van der Waals surface area contributed by atoms with Gasteiger partial charge in [-0.15, -0.1) is 0 Å². The highest BCUT2D eigenvalue weighted by molar-refractivity contribution is 5.70. The highest BCUT2D eigenvalue weighted by Gasteiger charge is 2.44. The number of aliphatic hydroxyl groups is 1. The molecule has 1 saturated heterocycles. The summed E-state index contributed by atoms with van der Waals surface area (Å²) in [5.41, 5.74) is 2.01. The first-order valence-electron chi connectivity index (χ1n) is 6.50. The highest BCUT2D eigenvalue weighted by atomic mass is 16.6. The minimum Gasteiger partial charge on any atom is -0.393 e. The van der Waals surface area contributed by atoms with Gasteiger partial charge >= 0.3 is 5.69 Å². The van der Waals surface area contributed by atoms with Crippen molar-refractivity contribution in [3.05, 3.63) is 16.4 Å². The van der Waals surface area contributed by atoms with Crippen LogP contribution in [0, 0.1) is 22.0 Å². The maximum absolute atomic E-state index is 11.2. The van der Waals surface area contributed by atoms with Gasteiger partial charge in [-0.2, -0.15) is 0 Å². The van der Waals surface area contributed by atoms with Crippen LogP contribution in [-0.4, -0.2) is 39.2 Å². The number of anilines is 2. The molecule has 2 aliphatic rings. The van der Waals surface area contributed by atoms with Crippen LogP contribution in [0.3, 0.4) is 0 Å². The van der Waals surface area contributed by atoms with Crippen molar-refractivity contribution in [2.24, 2.45) is 17.7 Å². The lowest BCUT2D eigenvalue weighted by atomic mass is 10.00. The Labute approximate surface area is 114 Å². The monoisotopic (exact) mass is 280 g/mol. The van der Waals surface area contributed by atoms with Crippen LogP contribution >= 0.6 is 0 Å². The van der Waals surface area contributed by atoms with Crippen molar-refractivity contribution in [1.82, 2.24) is 9.97 Å². The van der Waals surface area contributed by atoms with Crippen molar-refractivity contribution in [3.63, 3.8) is 0 Å². The van der Waals surface area contributed by atoms with Crippen LogP contribution in [0.1, 0.15) is 12.8 Å². The molecule has 3 rings (SSSR count). The summed E-state index contributed by atoms with van der Waals surface area (Å²) in [6, 6.07) is 0. The van der Waals surface area contributed by atoms with E-state index in [0.29, 0.717) is 19.0 Å². The van der Waals surface area contributed by atoms with Crippen molar-refractivity contribution in [2.45, 2.75) is 18.9 Å². The van der Waals surface area contributed by atoms with Crippen molar-refractivity contribution in [2.75, 3.05) is 23.4 Å². The minimum atomic E-state index is -0.533. The molecule has 9 heteroatoms. The summed E-state index contributed by atoms with van der Waals surface area (Å²) in [5.74, 6) is 6.06. The van der Waals surface area contributed by atoms with Gasteiger partial charge in [-0.1, -0.05) is 0 Å². The molecule has 1 aliphatic heterocycles. The van der Waals surface area contributed by atoms with E-state index in [1.807, 2.05) is 4.90 Å². The van der Waals surface area contributed by atoms with E-state index in [2.05, 4.69) is 15.4 Å². The molecular weight excluding hydrogens is 264 g/mol. The van der Waals surface area contributed by atoms with E-state index in [0.717, 1.165) is 12.8 Å². The van der Waals surface area contributed by atoms with Crippen molar-refractivity contribution in [3.8, 4) is 0 Å². The molecule has 2 heterocycles. The first-order chi connectivity index (χ1) is 9.61. The van der Waals surface area contributed by atoms with Crippen molar-refractivity contribution < 1.29 is 10.0 Å². The number of hydrogen-bond donors (Lipinski definition) is 3. The molecule has 108 valence electrons. The van der Waals surface area contributed by atoms with E-state index >= 15 is 0 Å². The average molecular weight is 280 g/mol. The van der Waals surface area contributed by atoms with Crippen LogP contribution in [0.4, 0.5) is 17.3 Å². The van der Waals surface area contributed by atoms with Gasteiger partial charge in [-0.05, 0) is 18.8 Å². The standard InChI is InChI=1S/C11H16N6O3/c12-15-10-9(17(19)20)11(14-5-13-10)16-3-6-1-2-8(18)7(6)4-16/h5-8,18H,1-4,12H2,(H,13,14,15). The van der Waals surface area contributed by atoms with Crippen LogP contribution in [-0.2, 0) is 0 Å². The van der Waals surface area contributed by atoms with Gasteiger partial charge in [0, 0.05) is 19.0 Å². The molecule has 2 fully saturated rings. The van der Waals surface area contributed by atoms with E-state index in [-0.39, 0.29) is 29.3 Å². The average Bonchev–Trinajstić information content (AvgIpc) is 3.00. The van der Waals surface area contributed by atoms with E-state index in [1.165, 1.54) is 6.33 Å². The molecule has 20 heavy (non-hydrogen) atoms. The maximum atomic E-state index is 11.2. The Morgan fingerprint density at radius 2 is 2.25 bits per heavy atom. The lowest BCUT2D eigenvalue weighted by molar-refractivity contribution is -0.383. The van der Waals surface area contributed by atoms with Gasteiger partial charge < -0.3 is 15.4 Å². The Balaban J connectivity index is 1.93. The number of nitrogens with one attached hydrogen (secondary N) is 1. The highest BCUT2D eigenvalue weighted by Crippen LogP contribution is 2.42. The molecule has 0 bridgehead atoms. The Morgan fingerprint density at radius 3 is 2.90 bits per heavy atom. The van der Waals surface area contributed by atoms with Gasteiger partial charge in [0.1, 0.15) is 6.33 Å². The third kappa shape index (κ3) is 1.95. The Bertz CT molecular complexity index is 539. The molecule has 0 spiro atoms. The van der Waals surface area contributed by atoms with Gasteiger partial charge in [0.05, 0.1) is 11.0 Å². The Morgan fingerprint density at radius 1 is 1.45 bits per heavy atom. The van der Waals surface area contributed by atoms with Gasteiger partial charge in [0.25, 0.3) is 0 Å². The molecule has 4 N–H and O–H groups in total. The van der Waals surface area contributed by atoms with Crippen LogP contribution in [0.25, 0.3) is 0 Å². The summed E-state index contributed by atoms with van der Waals surface area (Å²) < 4.78 is 0. The molecule has 1 aromatic heterocycles. The zero-order valence-corrected chi connectivity index (χ0v) is 10.8. The zero-order chi connectivity index (χ0) is 14.3. The summed E-state index contributed by atoms with van der Waals surface area (Å²) in [5, 5.41) is 21.1. The largest absolute Gasteiger partial charge is 0.393 e. The maximum Gasteiger partial charge on any atom is 0.354 e. The molecule has 1 aromatic rings. The van der Waals surface area contributed by atoms with E-state index in [9.17, 15) is 15.2 Å².